The average molecular weight is 358 g/mol. The molecule has 2 saturated heterocycles. The predicted molar refractivity (Wildman–Crippen MR) is 104 cm³/mol. The van der Waals surface area contributed by atoms with Gasteiger partial charge in [-0.3, -0.25) is 4.90 Å². The Labute approximate surface area is 157 Å². The zero-order chi connectivity index (χ0) is 18.2. The molecule has 142 valence electrons. The van der Waals surface area contributed by atoms with E-state index in [9.17, 15) is 0 Å². The number of ether oxygens (including phenoxy) is 1. The van der Waals surface area contributed by atoms with Crippen molar-refractivity contribution in [1.82, 2.24) is 19.8 Å². The number of hydrogen-bond acceptors (Lipinski definition) is 6. The van der Waals surface area contributed by atoms with Crippen LogP contribution in [0.25, 0.3) is 0 Å². The molecule has 0 bridgehead atoms. The molecule has 2 fully saturated rings. The number of piperazine rings is 1. The molecule has 0 atom stereocenters. The molecule has 3 heterocycles. The molecule has 0 radical (unpaired) electrons. The average Bonchev–Trinajstić information content (AvgIpc) is 2.69. The molecule has 0 amide bonds. The maximum absolute atomic E-state index is 5.95. The zero-order valence-corrected chi connectivity index (χ0v) is 16.2. The molecule has 6 heteroatoms. The predicted octanol–water partition coefficient (Wildman–Crippen LogP) is 1.41. The second-order valence-electron chi connectivity index (χ2n) is 7.06. The van der Waals surface area contributed by atoms with Gasteiger partial charge in [-0.2, -0.15) is 0 Å². The maximum Gasteiger partial charge on any atom is 0.225 e. The smallest absolute Gasteiger partial charge is 0.225 e. The highest BCUT2D eigenvalue weighted by molar-refractivity contribution is 5.30. The van der Waals surface area contributed by atoms with Crippen molar-refractivity contribution in [2.24, 2.45) is 0 Å². The lowest BCUT2D eigenvalue weighted by Crippen LogP contribution is -2.46. The number of nitrogens with zero attached hydrogens (tertiary/aromatic N) is 5. The third kappa shape index (κ3) is 5.66. The molecular formula is C20H31N5O. The third-order valence-electron chi connectivity index (χ3n) is 5.24. The minimum absolute atomic E-state index is 0.304. The van der Waals surface area contributed by atoms with Crippen LogP contribution in [0.5, 0.6) is 0 Å². The zero-order valence-electron chi connectivity index (χ0n) is 16.2. The number of likely N-dealkylation sites (N-methyl/N-ethyl adjacent to an activating group) is 1. The van der Waals surface area contributed by atoms with Gasteiger partial charge in [0.2, 0.25) is 5.95 Å². The van der Waals surface area contributed by atoms with Gasteiger partial charge in [-0.1, -0.05) is 18.8 Å². The lowest BCUT2D eigenvalue weighted by Gasteiger charge is -2.32. The van der Waals surface area contributed by atoms with E-state index in [1.807, 2.05) is 19.2 Å². The second-order valence-corrected chi connectivity index (χ2v) is 7.06. The summed E-state index contributed by atoms with van der Waals surface area (Å²) in [5.41, 5.74) is 1.01. The molecule has 2 aliphatic heterocycles. The summed E-state index contributed by atoms with van der Waals surface area (Å²) >= 11 is 0. The summed E-state index contributed by atoms with van der Waals surface area (Å²) in [6, 6.07) is 1.93. The van der Waals surface area contributed by atoms with Gasteiger partial charge in [-0.25, -0.2) is 9.97 Å². The minimum atomic E-state index is 0.304. The Balaban J connectivity index is 1.31. The molecular weight excluding hydrogens is 326 g/mol. The lowest BCUT2D eigenvalue weighted by atomic mass is 10.1. The summed E-state index contributed by atoms with van der Waals surface area (Å²) in [6.45, 7) is 13.3. The van der Waals surface area contributed by atoms with Crippen molar-refractivity contribution in [3.8, 4) is 11.8 Å². The quantitative estimate of drug-likeness (QED) is 0.743. The van der Waals surface area contributed by atoms with Gasteiger partial charge >= 0.3 is 0 Å². The van der Waals surface area contributed by atoms with E-state index in [0.29, 0.717) is 12.7 Å². The number of aromatic nitrogens is 2. The second kappa shape index (κ2) is 9.86. The van der Waals surface area contributed by atoms with Crippen LogP contribution in [-0.4, -0.2) is 84.8 Å². The van der Waals surface area contributed by atoms with E-state index in [-0.39, 0.29) is 0 Å². The normalized spacial score (nSPS) is 20.0. The first-order valence-electron chi connectivity index (χ1n) is 9.81. The van der Waals surface area contributed by atoms with Crippen molar-refractivity contribution in [1.29, 1.82) is 0 Å². The van der Waals surface area contributed by atoms with Gasteiger partial charge < -0.3 is 14.5 Å². The molecule has 6 nitrogen and oxygen atoms in total. The van der Waals surface area contributed by atoms with E-state index in [1.54, 1.807) is 0 Å². The summed E-state index contributed by atoms with van der Waals surface area (Å²) in [5, 5.41) is 0. The monoisotopic (exact) mass is 357 g/mol. The Morgan fingerprint density at radius 3 is 2.50 bits per heavy atom. The van der Waals surface area contributed by atoms with Gasteiger partial charge in [-0.05, 0) is 32.4 Å². The van der Waals surface area contributed by atoms with Crippen molar-refractivity contribution < 1.29 is 4.74 Å². The summed E-state index contributed by atoms with van der Waals surface area (Å²) in [5.74, 6) is 7.30. The van der Waals surface area contributed by atoms with Crippen LogP contribution in [-0.2, 0) is 4.74 Å². The fraction of sp³-hybridized carbons (Fsp3) is 0.700. The topological polar surface area (TPSA) is 44.7 Å². The minimum Gasteiger partial charge on any atom is -0.365 e. The highest BCUT2D eigenvalue weighted by atomic mass is 16.5. The standard InChI is InChI=1S/C20H31N5O/c1-3-23-13-15-24(16-14-23)10-4-5-17-26-19-7-11-25(12-8-19)20-21-9-6-18(2)22-20/h6,9,19H,3,7-8,10-17H2,1-2H3. The van der Waals surface area contributed by atoms with Crippen LogP contribution in [0.4, 0.5) is 5.95 Å². The molecule has 0 aliphatic carbocycles. The van der Waals surface area contributed by atoms with Crippen molar-refractivity contribution in [3.05, 3.63) is 18.0 Å². The van der Waals surface area contributed by atoms with Gasteiger partial charge in [-0.15, -0.1) is 0 Å². The van der Waals surface area contributed by atoms with Crippen molar-refractivity contribution in [3.63, 3.8) is 0 Å². The molecule has 3 rings (SSSR count). The Morgan fingerprint density at radius 1 is 1.08 bits per heavy atom. The molecule has 0 aromatic carbocycles. The fourth-order valence-electron chi connectivity index (χ4n) is 3.45. The highest BCUT2D eigenvalue weighted by Gasteiger charge is 2.21. The largest absolute Gasteiger partial charge is 0.365 e. The van der Waals surface area contributed by atoms with Crippen LogP contribution < -0.4 is 4.90 Å². The van der Waals surface area contributed by atoms with Gasteiger partial charge in [0.25, 0.3) is 0 Å². The number of hydrogen-bond donors (Lipinski definition) is 0. The molecule has 0 unspecified atom stereocenters. The number of anilines is 1. The van der Waals surface area contributed by atoms with Crippen LogP contribution in [0.15, 0.2) is 12.3 Å². The molecule has 0 spiro atoms. The van der Waals surface area contributed by atoms with Crippen molar-refractivity contribution in [2.75, 3.05) is 63.9 Å². The molecule has 0 saturated carbocycles. The van der Waals surface area contributed by atoms with Crippen LogP contribution in [0.3, 0.4) is 0 Å². The molecule has 1 aromatic heterocycles. The van der Waals surface area contributed by atoms with E-state index >= 15 is 0 Å². The molecule has 2 aliphatic rings. The van der Waals surface area contributed by atoms with E-state index in [4.69, 9.17) is 4.74 Å². The molecule has 26 heavy (non-hydrogen) atoms. The van der Waals surface area contributed by atoms with Gasteiger partial charge in [0.1, 0.15) is 6.61 Å². The highest BCUT2D eigenvalue weighted by Crippen LogP contribution is 2.17. The fourth-order valence-corrected chi connectivity index (χ4v) is 3.45. The Kier molecular flexibility index (Phi) is 7.24. The number of aryl methyl sites for hydroxylation is 1. The Morgan fingerprint density at radius 2 is 1.81 bits per heavy atom. The van der Waals surface area contributed by atoms with Crippen LogP contribution in [0, 0.1) is 18.8 Å². The number of rotatable bonds is 5. The van der Waals surface area contributed by atoms with Crippen LogP contribution >= 0.6 is 0 Å². The van der Waals surface area contributed by atoms with Crippen LogP contribution in [0.2, 0.25) is 0 Å². The third-order valence-corrected chi connectivity index (χ3v) is 5.24. The Hall–Kier alpha value is -1.68. The molecule has 0 N–H and O–H groups in total. The summed E-state index contributed by atoms with van der Waals surface area (Å²) in [7, 11) is 0. The van der Waals surface area contributed by atoms with Gasteiger partial charge in [0.15, 0.2) is 0 Å². The van der Waals surface area contributed by atoms with E-state index < -0.39 is 0 Å². The van der Waals surface area contributed by atoms with Crippen LogP contribution in [0.1, 0.15) is 25.5 Å². The summed E-state index contributed by atoms with van der Waals surface area (Å²) < 4.78 is 5.95. The van der Waals surface area contributed by atoms with E-state index in [1.165, 1.54) is 0 Å². The van der Waals surface area contributed by atoms with Gasteiger partial charge in [0, 0.05) is 51.2 Å². The lowest BCUT2D eigenvalue weighted by molar-refractivity contribution is 0.0592. The van der Waals surface area contributed by atoms with Gasteiger partial charge in [0.05, 0.1) is 12.6 Å². The summed E-state index contributed by atoms with van der Waals surface area (Å²) in [4.78, 5) is 16.0. The van der Waals surface area contributed by atoms with Crippen molar-refractivity contribution in [2.45, 2.75) is 32.8 Å². The van der Waals surface area contributed by atoms with E-state index in [0.717, 1.165) is 76.8 Å². The van der Waals surface area contributed by atoms with E-state index in [2.05, 4.69) is 43.4 Å². The first kappa shape index (κ1) is 19.1. The Bertz CT molecular complexity index is 610. The molecule has 1 aromatic rings. The first-order chi connectivity index (χ1) is 12.7. The maximum atomic E-state index is 5.95. The summed E-state index contributed by atoms with van der Waals surface area (Å²) in [6.07, 6.45) is 4.16. The SMILES string of the molecule is CCN1CCN(CC#CCOC2CCN(c3nccc(C)n3)CC2)CC1. The van der Waals surface area contributed by atoms with Crippen molar-refractivity contribution >= 4 is 5.95 Å². The number of piperidine rings is 1. The first-order valence-corrected chi connectivity index (χ1v) is 9.81.